The van der Waals surface area contributed by atoms with Crippen molar-refractivity contribution in [1.29, 1.82) is 0 Å². The second kappa shape index (κ2) is 10.8. The molecule has 0 bridgehead atoms. The standard InChI is InChI=1S/C21H25BrN2O4/c1-2-28-19(21(27)15-13-14(22)11-12-18(15)25)9-5-6-10-20(26)24-17-8-4-3-7-16(17)23/h3-4,6-8,10-13,19,21,25,27H,2,5,9,23H2,1H3,(H,24,26)/b10-6+/t19-,21-/m1/s1. The number of halogens is 1. The maximum atomic E-state index is 12.0. The highest BCUT2D eigenvalue weighted by atomic mass is 79.9. The molecule has 0 saturated heterocycles. The molecule has 28 heavy (non-hydrogen) atoms. The van der Waals surface area contributed by atoms with Crippen LogP contribution in [0.5, 0.6) is 5.75 Å². The van der Waals surface area contributed by atoms with Gasteiger partial charge < -0.3 is 26.0 Å². The summed E-state index contributed by atoms with van der Waals surface area (Å²) < 4.78 is 6.40. The fraction of sp³-hybridized carbons (Fsp3) is 0.286. The number of hydrogen-bond acceptors (Lipinski definition) is 5. The Morgan fingerprint density at radius 2 is 2.07 bits per heavy atom. The number of benzene rings is 2. The van der Waals surface area contributed by atoms with Gasteiger partial charge in [-0.1, -0.05) is 34.1 Å². The summed E-state index contributed by atoms with van der Waals surface area (Å²) in [6.07, 6.45) is 2.66. The first-order valence-corrected chi connectivity index (χ1v) is 9.81. The molecule has 0 radical (unpaired) electrons. The SMILES string of the molecule is CCO[C@H](CC/C=C/C(=O)Nc1ccccc1N)[C@H](O)c1cc(Br)ccc1O. The van der Waals surface area contributed by atoms with Crippen LogP contribution in [0.3, 0.4) is 0 Å². The molecule has 150 valence electrons. The first-order valence-electron chi connectivity index (χ1n) is 9.02. The van der Waals surface area contributed by atoms with Gasteiger partial charge in [0.25, 0.3) is 0 Å². The number of hydrogen-bond donors (Lipinski definition) is 4. The summed E-state index contributed by atoms with van der Waals surface area (Å²) in [6.45, 7) is 2.27. The van der Waals surface area contributed by atoms with Crippen molar-refractivity contribution >= 4 is 33.2 Å². The molecule has 2 rings (SSSR count). The number of nitrogens with two attached hydrogens (primary N) is 1. The topological polar surface area (TPSA) is 105 Å². The van der Waals surface area contributed by atoms with Crippen LogP contribution in [0.2, 0.25) is 0 Å². The quantitative estimate of drug-likeness (QED) is 0.340. The monoisotopic (exact) mass is 448 g/mol. The fourth-order valence-corrected chi connectivity index (χ4v) is 3.12. The van der Waals surface area contributed by atoms with Gasteiger partial charge in [0.15, 0.2) is 0 Å². The van der Waals surface area contributed by atoms with E-state index < -0.39 is 12.2 Å². The van der Waals surface area contributed by atoms with Gasteiger partial charge in [-0.15, -0.1) is 0 Å². The Hall–Kier alpha value is -2.35. The van der Waals surface area contributed by atoms with Crippen LogP contribution >= 0.6 is 15.9 Å². The molecule has 1 amide bonds. The van der Waals surface area contributed by atoms with Crippen LogP contribution in [0.15, 0.2) is 59.1 Å². The van der Waals surface area contributed by atoms with E-state index in [9.17, 15) is 15.0 Å². The number of aliphatic hydroxyl groups excluding tert-OH is 1. The van der Waals surface area contributed by atoms with Crippen molar-refractivity contribution in [3.05, 3.63) is 64.7 Å². The molecule has 7 heteroatoms. The van der Waals surface area contributed by atoms with E-state index in [0.29, 0.717) is 36.4 Å². The first kappa shape index (κ1) is 21.9. The Morgan fingerprint density at radius 1 is 1.32 bits per heavy atom. The van der Waals surface area contributed by atoms with Crippen molar-refractivity contribution in [2.45, 2.75) is 32.0 Å². The second-order valence-electron chi connectivity index (χ2n) is 6.20. The van der Waals surface area contributed by atoms with Gasteiger partial charge in [0.05, 0.1) is 17.5 Å². The van der Waals surface area contributed by atoms with Gasteiger partial charge in [-0.05, 0) is 56.2 Å². The predicted octanol–water partition coefficient (Wildman–Crippen LogP) is 4.15. The zero-order valence-corrected chi connectivity index (χ0v) is 17.2. The summed E-state index contributed by atoms with van der Waals surface area (Å²) >= 11 is 3.34. The third kappa shape index (κ3) is 6.37. The lowest BCUT2D eigenvalue weighted by molar-refractivity contribution is -0.111. The Bertz CT molecular complexity index is 826. The molecule has 5 N–H and O–H groups in total. The number of phenolic OH excluding ortho intramolecular Hbond substituents is 1. The van der Waals surface area contributed by atoms with Gasteiger partial charge >= 0.3 is 0 Å². The molecule has 2 aromatic carbocycles. The van der Waals surface area contributed by atoms with Crippen molar-refractivity contribution in [3.8, 4) is 5.75 Å². The van der Waals surface area contributed by atoms with Gasteiger partial charge in [-0.25, -0.2) is 0 Å². The molecular weight excluding hydrogens is 424 g/mol. The number of allylic oxidation sites excluding steroid dienone is 1. The van der Waals surface area contributed by atoms with Gasteiger partial charge in [0.2, 0.25) is 5.91 Å². The molecule has 6 nitrogen and oxygen atoms in total. The van der Waals surface area contributed by atoms with E-state index in [1.165, 1.54) is 12.1 Å². The van der Waals surface area contributed by atoms with Crippen molar-refractivity contribution in [2.75, 3.05) is 17.7 Å². The van der Waals surface area contributed by atoms with E-state index in [4.69, 9.17) is 10.5 Å². The molecule has 0 aliphatic rings. The molecule has 2 atom stereocenters. The Kier molecular flexibility index (Phi) is 8.50. The molecule has 0 aromatic heterocycles. The van der Waals surface area contributed by atoms with Crippen LogP contribution in [0, 0.1) is 0 Å². The molecule has 0 aliphatic heterocycles. The highest BCUT2D eigenvalue weighted by Gasteiger charge is 2.23. The maximum Gasteiger partial charge on any atom is 0.248 e. The number of aliphatic hydroxyl groups is 1. The number of para-hydroxylation sites is 2. The third-order valence-corrected chi connectivity index (χ3v) is 4.64. The van der Waals surface area contributed by atoms with Crippen LogP contribution in [0.4, 0.5) is 11.4 Å². The number of carbonyl (C=O) groups is 1. The summed E-state index contributed by atoms with van der Waals surface area (Å²) in [4.78, 5) is 12.0. The van der Waals surface area contributed by atoms with Crippen molar-refractivity contribution in [1.82, 2.24) is 0 Å². The largest absolute Gasteiger partial charge is 0.508 e. The zero-order valence-electron chi connectivity index (χ0n) is 15.6. The van der Waals surface area contributed by atoms with E-state index in [0.717, 1.165) is 4.47 Å². The number of aromatic hydroxyl groups is 1. The van der Waals surface area contributed by atoms with Crippen molar-refractivity contribution < 1.29 is 19.7 Å². The minimum Gasteiger partial charge on any atom is -0.508 e. The normalized spacial score (nSPS) is 13.4. The molecule has 0 heterocycles. The van der Waals surface area contributed by atoms with Crippen LogP contribution in [0.1, 0.15) is 31.4 Å². The van der Waals surface area contributed by atoms with E-state index in [1.807, 2.05) is 6.92 Å². The van der Waals surface area contributed by atoms with Gasteiger partial charge in [0.1, 0.15) is 11.9 Å². The average Bonchev–Trinajstić information content (AvgIpc) is 2.67. The van der Waals surface area contributed by atoms with Crippen molar-refractivity contribution in [2.24, 2.45) is 0 Å². The number of anilines is 2. The van der Waals surface area contributed by atoms with Crippen LogP contribution in [-0.4, -0.2) is 28.8 Å². The molecule has 0 unspecified atom stereocenters. The summed E-state index contributed by atoms with van der Waals surface area (Å²) in [5.74, 6) is -0.271. The maximum absolute atomic E-state index is 12.0. The number of rotatable bonds is 9. The summed E-state index contributed by atoms with van der Waals surface area (Å²) in [6, 6.07) is 11.9. The van der Waals surface area contributed by atoms with Crippen molar-refractivity contribution in [3.63, 3.8) is 0 Å². The number of phenols is 1. The minimum absolute atomic E-state index is 0.00997. The number of nitrogens with one attached hydrogen (secondary N) is 1. The van der Waals surface area contributed by atoms with E-state index in [-0.39, 0.29) is 11.7 Å². The van der Waals surface area contributed by atoms with Crippen LogP contribution in [0.25, 0.3) is 0 Å². The zero-order chi connectivity index (χ0) is 20.5. The van der Waals surface area contributed by atoms with E-state index in [2.05, 4.69) is 21.2 Å². The number of ether oxygens (including phenoxy) is 1. The van der Waals surface area contributed by atoms with E-state index in [1.54, 1.807) is 42.5 Å². The van der Waals surface area contributed by atoms with Gasteiger partial charge in [-0.2, -0.15) is 0 Å². The van der Waals surface area contributed by atoms with Crippen LogP contribution < -0.4 is 11.1 Å². The number of amides is 1. The van der Waals surface area contributed by atoms with Gasteiger partial charge in [0, 0.05) is 16.6 Å². The molecular formula is C21H25BrN2O4. The van der Waals surface area contributed by atoms with Gasteiger partial charge in [-0.3, -0.25) is 4.79 Å². The Morgan fingerprint density at radius 3 is 2.79 bits per heavy atom. The fourth-order valence-electron chi connectivity index (χ4n) is 2.75. The highest BCUT2D eigenvalue weighted by Crippen LogP contribution is 2.32. The number of nitrogen functional groups attached to an aromatic ring is 1. The second-order valence-corrected chi connectivity index (χ2v) is 7.11. The Balaban J connectivity index is 1.93. The predicted molar refractivity (Wildman–Crippen MR) is 114 cm³/mol. The van der Waals surface area contributed by atoms with E-state index >= 15 is 0 Å². The lowest BCUT2D eigenvalue weighted by Crippen LogP contribution is -2.22. The number of carbonyl (C=O) groups excluding carboxylic acids is 1. The molecule has 2 aromatic rings. The third-order valence-electron chi connectivity index (χ3n) is 4.15. The van der Waals surface area contributed by atoms with Crippen LogP contribution in [-0.2, 0) is 9.53 Å². The molecule has 0 fully saturated rings. The smallest absolute Gasteiger partial charge is 0.248 e. The molecule has 0 aliphatic carbocycles. The summed E-state index contributed by atoms with van der Waals surface area (Å²) in [7, 11) is 0. The lowest BCUT2D eigenvalue weighted by Gasteiger charge is -2.23. The highest BCUT2D eigenvalue weighted by molar-refractivity contribution is 9.10. The minimum atomic E-state index is -0.983. The molecule has 0 spiro atoms. The summed E-state index contributed by atoms with van der Waals surface area (Å²) in [5.41, 5.74) is 7.26. The first-order chi connectivity index (χ1) is 13.4. The lowest BCUT2D eigenvalue weighted by atomic mass is 9.99. The Labute approximate surface area is 173 Å². The summed E-state index contributed by atoms with van der Waals surface area (Å²) in [5, 5.41) is 23.4. The average molecular weight is 449 g/mol. The molecule has 0 saturated carbocycles.